The Morgan fingerprint density at radius 1 is 1.15 bits per heavy atom. The van der Waals surface area contributed by atoms with E-state index in [-0.39, 0.29) is 5.56 Å². The SMILES string of the molecule is Cn1cc(C(=O)O)c(=O)c2ccc(N3CC4C(/C=C/c5c(-c6c(Cl)cncc6Cl)noc5C5CC5)C4C3)cc21. The van der Waals surface area contributed by atoms with Gasteiger partial charge in [0.05, 0.1) is 15.6 Å². The second kappa shape index (κ2) is 8.96. The lowest BCUT2D eigenvalue weighted by Gasteiger charge is -2.22. The molecule has 4 aromatic rings. The van der Waals surface area contributed by atoms with Crippen LogP contribution in [-0.4, -0.2) is 38.9 Å². The fourth-order valence-electron chi connectivity index (χ4n) is 6.02. The Morgan fingerprint density at radius 3 is 2.54 bits per heavy atom. The zero-order chi connectivity index (χ0) is 27.0. The highest BCUT2D eigenvalue weighted by Gasteiger charge is 2.54. The van der Waals surface area contributed by atoms with Crippen LogP contribution in [0.5, 0.6) is 0 Å². The number of carboxylic acids is 1. The quantitative estimate of drug-likeness (QED) is 0.313. The number of hydrogen-bond donors (Lipinski definition) is 1. The minimum atomic E-state index is -1.21. The van der Waals surface area contributed by atoms with Crippen molar-refractivity contribution in [1.29, 1.82) is 0 Å². The van der Waals surface area contributed by atoms with Gasteiger partial charge in [-0.2, -0.15) is 0 Å². The standard InChI is InChI=1S/C29H24Cl2N4O4/c1-34-11-21(29(37)38)27(36)17-5-4-15(8-24(17)34)35-12-19-16(20(19)13-35)6-7-18-26(33-39-28(18)14-2-3-14)25-22(30)9-32-10-23(25)31/h4-11,14,16,19-20H,2-3,12-13H2,1H3,(H,37,38)/b7-6+. The highest BCUT2D eigenvalue weighted by Crippen LogP contribution is 2.54. The maximum atomic E-state index is 12.6. The number of aryl methyl sites for hydroxylation is 1. The molecule has 1 saturated heterocycles. The molecule has 4 heterocycles. The average Bonchev–Trinajstić information content (AvgIpc) is 3.78. The van der Waals surface area contributed by atoms with Gasteiger partial charge in [-0.1, -0.05) is 40.5 Å². The maximum absolute atomic E-state index is 12.6. The van der Waals surface area contributed by atoms with Gasteiger partial charge in [0.15, 0.2) is 0 Å². The monoisotopic (exact) mass is 562 g/mol. The van der Waals surface area contributed by atoms with E-state index >= 15 is 0 Å². The molecule has 1 aliphatic heterocycles. The number of hydrogen-bond acceptors (Lipinski definition) is 6. The van der Waals surface area contributed by atoms with Crippen molar-refractivity contribution < 1.29 is 14.4 Å². The van der Waals surface area contributed by atoms with Crippen LogP contribution in [0.25, 0.3) is 28.2 Å². The summed E-state index contributed by atoms with van der Waals surface area (Å²) in [4.78, 5) is 30.4. The Balaban J connectivity index is 1.12. The van der Waals surface area contributed by atoms with Crippen molar-refractivity contribution in [3.05, 3.63) is 80.0 Å². The van der Waals surface area contributed by atoms with Gasteiger partial charge in [0.2, 0.25) is 5.43 Å². The Kier molecular flexibility index (Phi) is 5.61. The fourth-order valence-corrected chi connectivity index (χ4v) is 6.57. The first-order valence-electron chi connectivity index (χ1n) is 12.9. The van der Waals surface area contributed by atoms with Crippen LogP contribution in [0.1, 0.15) is 40.4 Å². The number of carbonyl (C=O) groups is 1. The van der Waals surface area contributed by atoms with Crippen LogP contribution in [0.4, 0.5) is 5.69 Å². The lowest BCUT2D eigenvalue weighted by atomic mass is 10.0. The predicted octanol–water partition coefficient (Wildman–Crippen LogP) is 5.87. The average molecular weight is 563 g/mol. The third-order valence-electron chi connectivity index (χ3n) is 8.31. The molecule has 0 bridgehead atoms. The highest BCUT2D eigenvalue weighted by atomic mass is 35.5. The Hall–Kier alpha value is -3.62. The summed E-state index contributed by atoms with van der Waals surface area (Å²) in [6.07, 6.45) is 11.1. The molecule has 3 fully saturated rings. The van der Waals surface area contributed by atoms with Gasteiger partial charge in [-0.3, -0.25) is 9.78 Å². The lowest BCUT2D eigenvalue weighted by Crippen LogP contribution is -2.24. The van der Waals surface area contributed by atoms with Crippen molar-refractivity contribution in [3.8, 4) is 11.3 Å². The van der Waals surface area contributed by atoms with E-state index < -0.39 is 11.4 Å². The van der Waals surface area contributed by atoms with Gasteiger partial charge in [0, 0.05) is 66.8 Å². The molecule has 7 rings (SSSR count). The van der Waals surface area contributed by atoms with Crippen LogP contribution in [0.15, 0.2) is 52.2 Å². The molecule has 0 radical (unpaired) electrons. The molecule has 39 heavy (non-hydrogen) atoms. The van der Waals surface area contributed by atoms with E-state index in [9.17, 15) is 14.7 Å². The third-order valence-corrected chi connectivity index (χ3v) is 8.88. The summed E-state index contributed by atoms with van der Waals surface area (Å²) in [5, 5.41) is 15.0. The molecule has 0 amide bonds. The Labute approximate surface area is 233 Å². The summed E-state index contributed by atoms with van der Waals surface area (Å²) in [6, 6.07) is 5.63. The first-order valence-corrected chi connectivity index (χ1v) is 13.7. The molecule has 10 heteroatoms. The Bertz CT molecular complexity index is 1720. The smallest absolute Gasteiger partial charge is 0.341 e. The van der Waals surface area contributed by atoms with E-state index in [1.165, 1.54) is 6.20 Å². The second-order valence-electron chi connectivity index (χ2n) is 10.7. The molecule has 1 N–H and O–H groups in total. The van der Waals surface area contributed by atoms with E-state index in [4.69, 9.17) is 27.7 Å². The maximum Gasteiger partial charge on any atom is 0.341 e. The molecule has 8 nitrogen and oxygen atoms in total. The molecule has 3 aliphatic rings. The lowest BCUT2D eigenvalue weighted by molar-refractivity contribution is 0.0695. The van der Waals surface area contributed by atoms with Crippen LogP contribution in [0.2, 0.25) is 10.0 Å². The number of piperidine rings is 1. The molecule has 2 saturated carbocycles. The van der Waals surface area contributed by atoms with Gasteiger partial charge in [-0.15, -0.1) is 0 Å². The number of rotatable bonds is 6. The van der Waals surface area contributed by atoms with Gasteiger partial charge in [0.1, 0.15) is 17.0 Å². The van der Waals surface area contributed by atoms with Crippen LogP contribution in [0.3, 0.4) is 0 Å². The zero-order valence-electron chi connectivity index (χ0n) is 21.0. The number of pyridine rings is 2. The van der Waals surface area contributed by atoms with Crippen molar-refractivity contribution in [2.24, 2.45) is 24.8 Å². The number of benzene rings is 1. The first-order chi connectivity index (χ1) is 18.8. The first kappa shape index (κ1) is 24.4. The summed E-state index contributed by atoms with van der Waals surface area (Å²) in [5.74, 6) is 1.60. The largest absolute Gasteiger partial charge is 0.477 e. The van der Waals surface area contributed by atoms with Crippen molar-refractivity contribution in [1.82, 2.24) is 14.7 Å². The number of aromatic carboxylic acids is 1. The third kappa shape index (κ3) is 4.05. The molecule has 2 unspecified atom stereocenters. The zero-order valence-corrected chi connectivity index (χ0v) is 22.5. The number of nitrogens with zero attached hydrogens (tertiary/aromatic N) is 4. The van der Waals surface area contributed by atoms with E-state index in [2.05, 4.69) is 27.2 Å². The van der Waals surface area contributed by atoms with Crippen molar-refractivity contribution in [2.45, 2.75) is 18.8 Å². The molecule has 2 aliphatic carbocycles. The predicted molar refractivity (Wildman–Crippen MR) is 150 cm³/mol. The summed E-state index contributed by atoms with van der Waals surface area (Å²) >= 11 is 12.9. The van der Waals surface area contributed by atoms with E-state index in [0.29, 0.717) is 50.4 Å². The summed E-state index contributed by atoms with van der Waals surface area (Å²) in [7, 11) is 1.77. The van der Waals surface area contributed by atoms with Gasteiger partial charge in [-0.05, 0) is 48.8 Å². The molecule has 3 aromatic heterocycles. The van der Waals surface area contributed by atoms with Gasteiger partial charge >= 0.3 is 5.97 Å². The normalized spacial score (nSPS) is 22.1. The van der Waals surface area contributed by atoms with Crippen LogP contribution in [0, 0.1) is 17.8 Å². The van der Waals surface area contributed by atoms with E-state index in [0.717, 1.165) is 48.5 Å². The highest BCUT2D eigenvalue weighted by molar-refractivity contribution is 6.39. The molecule has 198 valence electrons. The number of fused-ring (bicyclic) bond motifs is 2. The molecule has 2 atom stereocenters. The number of aromatic nitrogens is 3. The van der Waals surface area contributed by atoms with Gasteiger partial charge in [0.25, 0.3) is 0 Å². The number of allylic oxidation sites excluding steroid dienone is 1. The van der Waals surface area contributed by atoms with Crippen LogP contribution < -0.4 is 10.3 Å². The van der Waals surface area contributed by atoms with Gasteiger partial charge < -0.3 is 19.1 Å². The minimum Gasteiger partial charge on any atom is -0.477 e. The number of anilines is 1. The molecule has 1 aromatic carbocycles. The Morgan fingerprint density at radius 2 is 1.87 bits per heavy atom. The van der Waals surface area contributed by atoms with Crippen LogP contribution in [-0.2, 0) is 7.05 Å². The minimum absolute atomic E-state index is 0.218. The topological polar surface area (TPSA) is 101 Å². The van der Waals surface area contributed by atoms with Crippen molar-refractivity contribution in [3.63, 3.8) is 0 Å². The van der Waals surface area contributed by atoms with Crippen LogP contribution >= 0.6 is 23.2 Å². The number of halogens is 2. The molecular formula is C29H24Cl2N4O4. The molecule has 0 spiro atoms. The van der Waals surface area contributed by atoms with E-state index in [1.54, 1.807) is 30.1 Å². The van der Waals surface area contributed by atoms with E-state index in [1.807, 2.05) is 12.1 Å². The van der Waals surface area contributed by atoms with Crippen molar-refractivity contribution >= 4 is 51.8 Å². The number of carboxylic acid groups (broad SMARTS) is 1. The second-order valence-corrected chi connectivity index (χ2v) is 11.5. The summed E-state index contributed by atoms with van der Waals surface area (Å²) in [6.45, 7) is 1.83. The fraction of sp³-hybridized carbons (Fsp3) is 0.310. The molecular weight excluding hydrogens is 539 g/mol. The van der Waals surface area contributed by atoms with Crippen molar-refractivity contribution in [2.75, 3.05) is 18.0 Å². The van der Waals surface area contributed by atoms with Gasteiger partial charge in [-0.25, -0.2) is 4.79 Å². The summed E-state index contributed by atoms with van der Waals surface area (Å²) < 4.78 is 7.49. The summed E-state index contributed by atoms with van der Waals surface area (Å²) in [5.41, 5.74) is 3.34.